The first-order valence-corrected chi connectivity index (χ1v) is 15.7. The van der Waals surface area contributed by atoms with E-state index < -0.39 is 23.7 Å². The van der Waals surface area contributed by atoms with Gasteiger partial charge in [0.1, 0.15) is 17.8 Å². The summed E-state index contributed by atoms with van der Waals surface area (Å²) in [7, 11) is 0. The average Bonchev–Trinajstić information content (AvgIpc) is 3.25. The van der Waals surface area contributed by atoms with E-state index >= 15 is 4.39 Å². The number of nitrogens with one attached hydrogen (secondary N) is 1. The van der Waals surface area contributed by atoms with Crippen molar-refractivity contribution in [3.8, 4) is 0 Å². The predicted molar refractivity (Wildman–Crippen MR) is 155 cm³/mol. The summed E-state index contributed by atoms with van der Waals surface area (Å²) in [5.41, 5.74) is 1.77. The molecule has 234 valence electrons. The largest absolute Gasteiger partial charge is 0.444 e. The summed E-state index contributed by atoms with van der Waals surface area (Å²) in [4.78, 5) is 54.8. The van der Waals surface area contributed by atoms with Gasteiger partial charge in [0.2, 0.25) is 11.8 Å². The number of benzene rings is 1. The van der Waals surface area contributed by atoms with Crippen LogP contribution in [0.15, 0.2) is 18.2 Å². The zero-order valence-corrected chi connectivity index (χ0v) is 25.4. The molecule has 6 rings (SSSR count). The lowest BCUT2D eigenvalue weighted by Crippen LogP contribution is -2.54. The number of nitrogens with zero attached hydrogens (tertiary/aromatic N) is 3. The van der Waals surface area contributed by atoms with Gasteiger partial charge in [-0.05, 0) is 83.0 Å². The van der Waals surface area contributed by atoms with E-state index in [-0.39, 0.29) is 42.5 Å². The quantitative estimate of drug-likeness (QED) is 0.517. The Morgan fingerprint density at radius 2 is 1.74 bits per heavy atom. The van der Waals surface area contributed by atoms with Gasteiger partial charge in [0, 0.05) is 50.1 Å². The summed E-state index contributed by atoms with van der Waals surface area (Å²) in [5, 5.41) is 2.33. The van der Waals surface area contributed by atoms with Gasteiger partial charge >= 0.3 is 6.09 Å². The molecule has 11 heteroatoms. The molecule has 4 amide bonds. The van der Waals surface area contributed by atoms with Crippen molar-refractivity contribution in [3.05, 3.63) is 34.9 Å². The minimum absolute atomic E-state index is 0.141. The second kappa shape index (κ2) is 11.8. The Hall–Kier alpha value is -3.05. The van der Waals surface area contributed by atoms with Gasteiger partial charge < -0.3 is 19.3 Å². The molecule has 0 radical (unpaired) electrons. The molecule has 0 aromatic heterocycles. The monoisotopic (exact) mass is 598 g/mol. The number of piperidine rings is 3. The number of rotatable bonds is 5. The van der Waals surface area contributed by atoms with Crippen LogP contribution in [0.25, 0.3) is 0 Å². The first kappa shape index (κ1) is 30.0. The first-order chi connectivity index (χ1) is 20.4. The Balaban J connectivity index is 0.957. The number of hydrogen-bond donors (Lipinski definition) is 1. The highest BCUT2D eigenvalue weighted by Crippen LogP contribution is 2.38. The molecule has 1 unspecified atom stereocenters. The van der Waals surface area contributed by atoms with Crippen LogP contribution in [-0.2, 0) is 25.6 Å². The third kappa shape index (κ3) is 6.43. The molecule has 3 atom stereocenters. The van der Waals surface area contributed by atoms with E-state index in [0.717, 1.165) is 43.4 Å². The number of alkyl halides is 1. The second-order valence-electron chi connectivity index (χ2n) is 13.8. The number of carbonyl (C=O) groups is 4. The molecule has 1 aliphatic carbocycles. The van der Waals surface area contributed by atoms with Crippen molar-refractivity contribution in [2.45, 2.75) is 114 Å². The van der Waals surface area contributed by atoms with Crippen molar-refractivity contribution < 1.29 is 33.0 Å². The van der Waals surface area contributed by atoms with E-state index in [1.54, 1.807) is 11.0 Å². The molecule has 1 aromatic rings. The molecular formula is C32H43FN4O6. The lowest BCUT2D eigenvalue weighted by molar-refractivity contribution is -0.136. The van der Waals surface area contributed by atoms with E-state index in [4.69, 9.17) is 9.47 Å². The van der Waals surface area contributed by atoms with E-state index in [1.807, 2.05) is 32.9 Å². The summed E-state index contributed by atoms with van der Waals surface area (Å²) in [6, 6.07) is 5.24. The lowest BCUT2D eigenvalue weighted by Gasteiger charge is -2.47. The van der Waals surface area contributed by atoms with Gasteiger partial charge in [-0.15, -0.1) is 0 Å². The number of imide groups is 1. The average molecular weight is 599 g/mol. The molecule has 4 heterocycles. The van der Waals surface area contributed by atoms with E-state index in [2.05, 4.69) is 10.2 Å². The molecule has 1 saturated carbocycles. The molecule has 0 spiro atoms. The van der Waals surface area contributed by atoms with Gasteiger partial charge in [-0.25, -0.2) is 9.18 Å². The summed E-state index contributed by atoms with van der Waals surface area (Å²) < 4.78 is 27.4. The van der Waals surface area contributed by atoms with Crippen LogP contribution in [0.1, 0.15) is 93.1 Å². The normalized spacial score (nSPS) is 30.6. The topological polar surface area (TPSA) is 108 Å². The maximum atomic E-state index is 15.6. The number of fused-ring (bicyclic) bond motifs is 1. The Morgan fingerprint density at radius 1 is 1.00 bits per heavy atom. The Kier molecular flexibility index (Phi) is 8.23. The van der Waals surface area contributed by atoms with Crippen molar-refractivity contribution >= 4 is 23.8 Å². The SMILES string of the molecule is CC(C)(C)OC(=O)N1CCC(OC2CC(N3CC[C@H](c4ccc5c(c4)CN(C4CCC(=O)NC4=O)C5=O)[C@H](F)C3)C2)CC1. The van der Waals surface area contributed by atoms with Gasteiger partial charge in [0.05, 0.1) is 12.2 Å². The van der Waals surface area contributed by atoms with Crippen molar-refractivity contribution in [1.82, 2.24) is 20.0 Å². The number of ether oxygens (including phenoxy) is 2. The molecule has 4 fully saturated rings. The molecule has 3 saturated heterocycles. The number of hydrogen-bond acceptors (Lipinski definition) is 7. The molecule has 43 heavy (non-hydrogen) atoms. The minimum Gasteiger partial charge on any atom is -0.444 e. The lowest BCUT2D eigenvalue weighted by atomic mass is 9.82. The fraction of sp³-hybridized carbons (Fsp3) is 0.688. The third-order valence-electron chi connectivity index (χ3n) is 9.61. The van der Waals surface area contributed by atoms with Crippen LogP contribution in [0, 0.1) is 0 Å². The van der Waals surface area contributed by atoms with Crippen LogP contribution in [0.5, 0.6) is 0 Å². The fourth-order valence-electron chi connectivity index (χ4n) is 7.18. The molecule has 5 aliphatic rings. The Labute approximate surface area is 252 Å². The highest BCUT2D eigenvalue weighted by Gasteiger charge is 2.42. The molecular weight excluding hydrogens is 555 g/mol. The van der Waals surface area contributed by atoms with Crippen molar-refractivity contribution in [3.63, 3.8) is 0 Å². The zero-order chi connectivity index (χ0) is 30.5. The minimum atomic E-state index is -1.01. The van der Waals surface area contributed by atoms with Gasteiger partial charge in [-0.1, -0.05) is 12.1 Å². The first-order valence-electron chi connectivity index (χ1n) is 15.7. The molecule has 0 bridgehead atoms. The standard InChI is InChI=1S/C32H43FN4O6/c1-32(2,3)43-31(41)35-11-8-22(9-12-35)42-23-15-21(16-23)36-13-10-24(26(33)18-36)19-4-5-25-20(14-19)17-37(30(25)40)27-6-7-28(38)34-29(27)39/h4-5,14,21-24,26-27H,6-13,15-18H2,1-3H3,(H,34,38,39)/t21?,23?,24-,26-,27?/m1/s1. The molecule has 1 aromatic carbocycles. The van der Waals surface area contributed by atoms with E-state index in [0.29, 0.717) is 50.6 Å². The maximum Gasteiger partial charge on any atom is 0.410 e. The number of likely N-dealkylation sites (tertiary alicyclic amines) is 2. The van der Waals surface area contributed by atoms with Gasteiger partial charge in [-0.2, -0.15) is 0 Å². The highest BCUT2D eigenvalue weighted by atomic mass is 19.1. The van der Waals surface area contributed by atoms with Crippen LogP contribution in [0.3, 0.4) is 0 Å². The number of amides is 4. The maximum absolute atomic E-state index is 15.6. The second-order valence-corrected chi connectivity index (χ2v) is 13.8. The zero-order valence-electron chi connectivity index (χ0n) is 25.4. The summed E-state index contributed by atoms with van der Waals surface area (Å²) in [6.45, 7) is 8.39. The van der Waals surface area contributed by atoms with Crippen molar-refractivity contribution in [2.75, 3.05) is 26.2 Å². The van der Waals surface area contributed by atoms with Gasteiger partial charge in [0.25, 0.3) is 5.91 Å². The molecule has 1 N–H and O–H groups in total. The summed E-state index contributed by atoms with van der Waals surface area (Å²) >= 11 is 0. The van der Waals surface area contributed by atoms with Gasteiger partial charge in [0.15, 0.2) is 0 Å². The number of carbonyl (C=O) groups excluding carboxylic acids is 4. The van der Waals surface area contributed by atoms with Crippen LogP contribution >= 0.6 is 0 Å². The summed E-state index contributed by atoms with van der Waals surface area (Å²) in [6.07, 6.45) is 3.70. The van der Waals surface area contributed by atoms with Crippen LogP contribution < -0.4 is 5.32 Å². The van der Waals surface area contributed by atoms with Crippen LogP contribution in [0.2, 0.25) is 0 Å². The van der Waals surface area contributed by atoms with Crippen LogP contribution in [-0.4, -0.2) is 101 Å². The third-order valence-corrected chi connectivity index (χ3v) is 9.61. The van der Waals surface area contributed by atoms with Crippen molar-refractivity contribution in [1.29, 1.82) is 0 Å². The van der Waals surface area contributed by atoms with E-state index in [9.17, 15) is 19.2 Å². The molecule has 10 nitrogen and oxygen atoms in total. The Bertz CT molecular complexity index is 1270. The van der Waals surface area contributed by atoms with Crippen molar-refractivity contribution in [2.24, 2.45) is 0 Å². The highest BCUT2D eigenvalue weighted by molar-refractivity contribution is 6.05. The summed E-state index contributed by atoms with van der Waals surface area (Å²) in [5.74, 6) is -1.18. The van der Waals surface area contributed by atoms with Gasteiger partial charge in [-0.3, -0.25) is 24.6 Å². The fourth-order valence-corrected chi connectivity index (χ4v) is 7.18. The number of halogens is 1. The smallest absolute Gasteiger partial charge is 0.410 e. The van der Waals surface area contributed by atoms with Crippen LogP contribution in [0.4, 0.5) is 9.18 Å². The van der Waals surface area contributed by atoms with E-state index in [1.165, 1.54) is 4.90 Å². The Morgan fingerprint density at radius 3 is 2.42 bits per heavy atom. The predicted octanol–water partition coefficient (Wildman–Crippen LogP) is 3.52. The molecule has 4 aliphatic heterocycles.